The van der Waals surface area contributed by atoms with Crippen molar-refractivity contribution in [2.45, 2.75) is 32.3 Å². The molecule has 3 aromatic carbocycles. The van der Waals surface area contributed by atoms with Crippen LogP contribution in [-0.2, 0) is 19.4 Å². The number of allylic oxidation sites excluding steroid dienone is 4. The van der Waals surface area contributed by atoms with Crippen LogP contribution in [0, 0.1) is 0 Å². The van der Waals surface area contributed by atoms with Gasteiger partial charge in [-0.1, -0.05) is 78.9 Å². The highest BCUT2D eigenvalue weighted by atomic mass is 16.5. The van der Waals surface area contributed by atoms with E-state index in [2.05, 4.69) is 72.1 Å². The van der Waals surface area contributed by atoms with Gasteiger partial charge in [0.15, 0.2) is 0 Å². The van der Waals surface area contributed by atoms with Crippen LogP contribution in [0.15, 0.2) is 97.4 Å². The molecule has 0 atom stereocenters. The van der Waals surface area contributed by atoms with Crippen LogP contribution in [0.4, 0.5) is 0 Å². The largest absolute Gasteiger partial charge is 0.489 e. The quantitative estimate of drug-likeness (QED) is 0.586. The molecule has 2 heteroatoms. The maximum atomic E-state index is 6.19. The summed E-state index contributed by atoms with van der Waals surface area (Å²) in [6, 6.07) is 21.5. The molecule has 0 saturated heterocycles. The van der Waals surface area contributed by atoms with E-state index in [0.29, 0.717) is 6.61 Å². The molecule has 0 spiro atoms. The lowest BCUT2D eigenvalue weighted by atomic mass is 9.86. The van der Waals surface area contributed by atoms with Gasteiger partial charge in [0.05, 0.1) is 0 Å². The number of rotatable bonds is 3. The highest BCUT2D eigenvalue weighted by Crippen LogP contribution is 2.32. The molecule has 0 aromatic heterocycles. The molecule has 0 radical (unpaired) electrons. The van der Waals surface area contributed by atoms with Gasteiger partial charge in [-0.05, 0) is 76.6 Å². The first kappa shape index (κ1) is 21.1. The zero-order valence-corrected chi connectivity index (χ0v) is 18.8. The summed E-state index contributed by atoms with van der Waals surface area (Å²) in [5, 5.41) is 5.82. The van der Waals surface area contributed by atoms with Crippen LogP contribution in [0.1, 0.15) is 29.5 Å². The molecule has 0 fully saturated rings. The highest BCUT2D eigenvalue weighted by molar-refractivity contribution is 5.76. The molecule has 3 aromatic rings. The van der Waals surface area contributed by atoms with Gasteiger partial charge in [0, 0.05) is 18.0 Å². The lowest BCUT2D eigenvalue weighted by Crippen LogP contribution is -2.34. The van der Waals surface area contributed by atoms with Gasteiger partial charge in [-0.25, -0.2) is 0 Å². The van der Waals surface area contributed by atoms with Crippen LogP contribution in [0.25, 0.3) is 23.3 Å². The van der Waals surface area contributed by atoms with Crippen molar-refractivity contribution in [3.63, 3.8) is 0 Å². The zero-order valence-electron chi connectivity index (χ0n) is 18.8. The van der Waals surface area contributed by atoms with Crippen LogP contribution >= 0.6 is 0 Å². The highest BCUT2D eigenvalue weighted by Gasteiger charge is 2.17. The predicted molar refractivity (Wildman–Crippen MR) is 138 cm³/mol. The molecule has 33 heavy (non-hydrogen) atoms. The number of fused-ring (bicyclic) bond motifs is 5. The van der Waals surface area contributed by atoms with Crippen molar-refractivity contribution in [1.29, 1.82) is 0 Å². The lowest BCUT2D eigenvalue weighted by Gasteiger charge is -2.20. The molecular formula is C31H29NO. The van der Waals surface area contributed by atoms with Crippen molar-refractivity contribution >= 4 is 12.2 Å². The zero-order chi connectivity index (χ0) is 22.3. The Labute approximate surface area is 195 Å². The predicted octanol–water partition coefficient (Wildman–Crippen LogP) is 5.56. The molecule has 2 aliphatic carbocycles. The van der Waals surface area contributed by atoms with Crippen molar-refractivity contribution < 1.29 is 4.74 Å². The summed E-state index contributed by atoms with van der Waals surface area (Å²) in [5.74, 6) is 1.01. The minimum atomic E-state index is 0.613. The molecule has 1 N–H and O–H groups in total. The third-order valence-electron chi connectivity index (χ3n) is 6.27. The van der Waals surface area contributed by atoms with E-state index in [0.717, 1.165) is 12.2 Å². The second kappa shape index (κ2) is 10.2. The van der Waals surface area contributed by atoms with Gasteiger partial charge in [-0.3, -0.25) is 0 Å². The summed E-state index contributed by atoms with van der Waals surface area (Å²) in [6.07, 6.45) is 21.0. The summed E-state index contributed by atoms with van der Waals surface area (Å²) < 4.78 is 6.19. The fraction of sp³-hybridized carbons (Fsp3) is 0.161. The van der Waals surface area contributed by atoms with E-state index in [1.54, 1.807) is 0 Å². The molecular weight excluding hydrogens is 402 g/mol. The molecule has 2 nitrogen and oxygen atoms in total. The minimum absolute atomic E-state index is 0.613. The average molecular weight is 432 g/mol. The minimum Gasteiger partial charge on any atom is -0.489 e. The van der Waals surface area contributed by atoms with E-state index in [1.165, 1.54) is 57.5 Å². The Kier molecular flexibility index (Phi) is 6.53. The Bertz CT molecular complexity index is 1320. The maximum Gasteiger partial charge on any atom is 0.123 e. The van der Waals surface area contributed by atoms with Gasteiger partial charge in [0.2, 0.25) is 0 Å². The molecule has 0 saturated carbocycles. The van der Waals surface area contributed by atoms with E-state index >= 15 is 0 Å². The Balaban J connectivity index is 0.000000281. The topological polar surface area (TPSA) is 21.3 Å². The summed E-state index contributed by atoms with van der Waals surface area (Å²) in [5.41, 5.74) is 6.70. The lowest BCUT2D eigenvalue weighted by molar-refractivity contribution is 0.304. The van der Waals surface area contributed by atoms with Gasteiger partial charge >= 0.3 is 0 Å². The second-order valence-corrected chi connectivity index (χ2v) is 8.43. The van der Waals surface area contributed by atoms with Crippen LogP contribution < -0.4 is 20.5 Å². The number of nitrogens with one attached hydrogen (secondary N) is 1. The van der Waals surface area contributed by atoms with E-state index < -0.39 is 0 Å². The monoisotopic (exact) mass is 431 g/mol. The molecule has 0 bridgehead atoms. The van der Waals surface area contributed by atoms with Gasteiger partial charge in [-0.15, -0.1) is 0 Å². The average Bonchev–Trinajstić information content (AvgIpc) is 3.21. The van der Waals surface area contributed by atoms with Gasteiger partial charge < -0.3 is 10.1 Å². The first-order valence-corrected chi connectivity index (χ1v) is 11.8. The third kappa shape index (κ3) is 4.85. The number of benzene rings is 3. The van der Waals surface area contributed by atoms with Crippen LogP contribution in [0.3, 0.4) is 0 Å². The SMILES string of the molecule is C1=CC=CNC=C1.C1=c2c(ccc3c2=CCc2c(OCc4ccccc4)cccc2-3)CCC1. The van der Waals surface area contributed by atoms with E-state index in [4.69, 9.17) is 4.74 Å². The molecule has 0 unspecified atom stereocenters. The number of hydrogen-bond donors (Lipinski definition) is 1. The summed E-state index contributed by atoms with van der Waals surface area (Å²) >= 11 is 0. The van der Waals surface area contributed by atoms with Crippen molar-refractivity contribution in [2.24, 2.45) is 0 Å². The van der Waals surface area contributed by atoms with Crippen molar-refractivity contribution in [2.75, 3.05) is 0 Å². The van der Waals surface area contributed by atoms with Crippen LogP contribution in [0.5, 0.6) is 5.75 Å². The van der Waals surface area contributed by atoms with Gasteiger partial charge in [0.1, 0.15) is 12.4 Å². The Morgan fingerprint density at radius 2 is 1.58 bits per heavy atom. The van der Waals surface area contributed by atoms with E-state index in [-0.39, 0.29) is 0 Å². The fourth-order valence-corrected chi connectivity index (χ4v) is 4.64. The maximum absolute atomic E-state index is 6.19. The Morgan fingerprint density at radius 3 is 2.42 bits per heavy atom. The first-order valence-electron chi connectivity index (χ1n) is 11.8. The smallest absolute Gasteiger partial charge is 0.123 e. The molecule has 1 heterocycles. The Morgan fingerprint density at radius 1 is 0.727 bits per heavy atom. The number of aryl methyl sites for hydroxylation is 1. The summed E-state index contributed by atoms with van der Waals surface area (Å²) in [4.78, 5) is 0. The van der Waals surface area contributed by atoms with E-state index in [1.807, 2.05) is 42.8 Å². The molecule has 1 aliphatic heterocycles. The standard InChI is InChI=1S/C25H22O.C6H7N/c1-2-7-18(8-3-1)17-26-25-12-6-11-21-23-14-13-19-9-4-5-10-20(19)22(23)15-16-24(21)25;1-2-4-6-7-5-3-1/h1-3,6-8,10-15H,4-5,9,16-17H2;1-7H. The number of hydrogen-bond acceptors (Lipinski definition) is 2. The molecule has 0 amide bonds. The second-order valence-electron chi connectivity index (χ2n) is 8.43. The van der Waals surface area contributed by atoms with Crippen molar-refractivity contribution in [1.82, 2.24) is 5.32 Å². The summed E-state index contributed by atoms with van der Waals surface area (Å²) in [7, 11) is 0. The van der Waals surface area contributed by atoms with Gasteiger partial charge in [0.25, 0.3) is 0 Å². The number of ether oxygens (including phenoxy) is 1. The normalized spacial score (nSPS) is 14.7. The van der Waals surface area contributed by atoms with Crippen molar-refractivity contribution in [3.8, 4) is 16.9 Å². The fourth-order valence-electron chi connectivity index (χ4n) is 4.64. The molecule has 3 aliphatic rings. The Hall–Kier alpha value is -3.78. The van der Waals surface area contributed by atoms with Crippen LogP contribution in [0.2, 0.25) is 0 Å². The first-order chi connectivity index (χ1) is 16.4. The third-order valence-corrected chi connectivity index (χ3v) is 6.27. The molecule has 164 valence electrons. The van der Waals surface area contributed by atoms with Gasteiger partial charge in [-0.2, -0.15) is 0 Å². The van der Waals surface area contributed by atoms with E-state index in [9.17, 15) is 0 Å². The van der Waals surface area contributed by atoms with Crippen molar-refractivity contribution in [3.05, 3.63) is 124 Å². The van der Waals surface area contributed by atoms with Crippen LogP contribution in [-0.4, -0.2) is 0 Å². The summed E-state index contributed by atoms with van der Waals surface area (Å²) in [6.45, 7) is 0.613. The molecule has 6 rings (SSSR count).